The lowest BCUT2D eigenvalue weighted by Crippen LogP contribution is -2.25. The van der Waals surface area contributed by atoms with Crippen LogP contribution in [0.2, 0.25) is 5.02 Å². The number of rotatable bonds is 7. The third-order valence-electron chi connectivity index (χ3n) is 6.02. The van der Waals surface area contributed by atoms with E-state index in [1.807, 2.05) is 66.5 Å². The Hall–Kier alpha value is -3.62. The Bertz CT molecular complexity index is 1340. The minimum Gasteiger partial charge on any atom is -0.494 e. The zero-order valence-electron chi connectivity index (χ0n) is 20.1. The summed E-state index contributed by atoms with van der Waals surface area (Å²) in [5, 5.41) is 10.1. The number of carbonyl (C=O) groups is 2. The first-order chi connectivity index (χ1) is 18.0. The summed E-state index contributed by atoms with van der Waals surface area (Å²) in [6.45, 7) is 2.48. The fourth-order valence-corrected chi connectivity index (χ4v) is 5.41. The van der Waals surface area contributed by atoms with E-state index in [0.29, 0.717) is 28.9 Å². The molecule has 188 valence electrons. The van der Waals surface area contributed by atoms with Crippen LogP contribution < -0.4 is 10.1 Å². The summed E-state index contributed by atoms with van der Waals surface area (Å²) in [7, 11) is 0. The number of ether oxygens (including phenoxy) is 1. The van der Waals surface area contributed by atoms with Gasteiger partial charge >= 0.3 is 0 Å². The number of carbonyl (C=O) groups excluding carboxylic acids is 2. The van der Waals surface area contributed by atoms with Crippen molar-refractivity contribution in [1.82, 2.24) is 5.01 Å². The molecule has 0 radical (unpaired) electrons. The molecule has 0 aliphatic carbocycles. The first kappa shape index (κ1) is 25.0. The van der Waals surface area contributed by atoms with Gasteiger partial charge in [0.2, 0.25) is 5.91 Å². The number of nitrogens with one attached hydrogen (secondary N) is 1. The Morgan fingerprint density at radius 1 is 1.08 bits per heavy atom. The van der Waals surface area contributed by atoms with Crippen LogP contribution in [0.1, 0.15) is 36.9 Å². The number of hydrogen-bond donors (Lipinski definition) is 1. The molecule has 2 aliphatic heterocycles. The number of amides is 2. The molecule has 5 rings (SSSR count). The molecule has 0 unspecified atom stereocenters. The van der Waals surface area contributed by atoms with Crippen molar-refractivity contribution in [1.29, 1.82) is 0 Å². The third kappa shape index (κ3) is 5.87. The number of halogens is 1. The highest BCUT2D eigenvalue weighted by molar-refractivity contribution is 8.15. The molecule has 3 aromatic rings. The Morgan fingerprint density at radius 2 is 1.81 bits per heavy atom. The molecule has 0 saturated heterocycles. The van der Waals surface area contributed by atoms with Gasteiger partial charge < -0.3 is 10.1 Å². The van der Waals surface area contributed by atoms with Crippen molar-refractivity contribution in [3.8, 4) is 5.75 Å². The number of thioether (sulfide) groups is 1. The second-order valence-electron chi connectivity index (χ2n) is 8.58. The summed E-state index contributed by atoms with van der Waals surface area (Å²) in [6, 6.07) is 24.6. The normalized spacial score (nSPS) is 19.0. The van der Waals surface area contributed by atoms with Gasteiger partial charge in [-0.15, -0.1) is 0 Å². The molecule has 0 saturated carbocycles. The molecule has 37 heavy (non-hydrogen) atoms. The van der Waals surface area contributed by atoms with Crippen molar-refractivity contribution in [3.63, 3.8) is 0 Å². The number of hydrazone groups is 1. The Morgan fingerprint density at radius 3 is 2.51 bits per heavy atom. The molecule has 9 heteroatoms. The summed E-state index contributed by atoms with van der Waals surface area (Å²) >= 11 is 7.35. The van der Waals surface area contributed by atoms with Gasteiger partial charge in [-0.05, 0) is 54.4 Å². The predicted octanol–water partition coefficient (Wildman–Crippen LogP) is 5.92. The van der Waals surface area contributed by atoms with Crippen LogP contribution in [0.25, 0.3) is 0 Å². The van der Waals surface area contributed by atoms with E-state index < -0.39 is 5.25 Å². The number of benzene rings is 3. The van der Waals surface area contributed by atoms with Gasteiger partial charge in [-0.3, -0.25) is 9.59 Å². The van der Waals surface area contributed by atoms with E-state index >= 15 is 0 Å². The summed E-state index contributed by atoms with van der Waals surface area (Å²) in [5.41, 5.74) is 3.57. The highest BCUT2D eigenvalue weighted by Crippen LogP contribution is 2.38. The van der Waals surface area contributed by atoms with Crippen LogP contribution in [0, 0.1) is 0 Å². The molecule has 1 N–H and O–H groups in total. The smallest absolute Gasteiger partial charge is 0.262 e. The van der Waals surface area contributed by atoms with Crippen molar-refractivity contribution in [2.24, 2.45) is 10.1 Å². The molecule has 2 amide bonds. The van der Waals surface area contributed by atoms with Crippen molar-refractivity contribution >= 4 is 51.7 Å². The van der Waals surface area contributed by atoms with E-state index in [2.05, 4.69) is 10.3 Å². The van der Waals surface area contributed by atoms with Gasteiger partial charge in [0, 0.05) is 23.6 Å². The molecular formula is C28H25ClN4O3S. The standard InChI is InChI=1S/C28H25ClN4O3S/c1-2-36-22-14-12-21(13-15-22)30-26(34)17-25-27(35)31-28(37-25)33-24(19-6-4-3-5-7-19)16-23(32-33)18-8-10-20(29)11-9-18/h3-15,24-25H,2,16-17H2,1H3,(H,30,34)/t24-,25-/m0/s1. The highest BCUT2D eigenvalue weighted by atomic mass is 35.5. The topological polar surface area (TPSA) is 83.4 Å². The number of amidine groups is 1. The van der Waals surface area contributed by atoms with Crippen LogP contribution in [0.3, 0.4) is 0 Å². The van der Waals surface area contributed by atoms with Gasteiger partial charge in [-0.1, -0.05) is 65.8 Å². The number of aliphatic imine (C=N–C) groups is 1. The summed E-state index contributed by atoms with van der Waals surface area (Å²) in [4.78, 5) is 29.8. The van der Waals surface area contributed by atoms with Gasteiger partial charge in [0.15, 0.2) is 5.17 Å². The van der Waals surface area contributed by atoms with Crippen molar-refractivity contribution < 1.29 is 14.3 Å². The van der Waals surface area contributed by atoms with Crippen molar-refractivity contribution in [3.05, 3.63) is 95.0 Å². The van der Waals surface area contributed by atoms with Crippen LogP contribution >= 0.6 is 23.4 Å². The molecule has 2 atom stereocenters. The SMILES string of the molecule is CCOc1ccc(NC(=O)C[C@@H]2SC(N3N=C(c4ccc(Cl)cc4)C[C@H]3c3ccccc3)=NC2=O)cc1. The predicted molar refractivity (Wildman–Crippen MR) is 148 cm³/mol. The van der Waals surface area contributed by atoms with Crippen LogP contribution in [0.4, 0.5) is 5.69 Å². The molecule has 0 aromatic heterocycles. The minimum absolute atomic E-state index is 0.0152. The van der Waals surface area contributed by atoms with Crippen LogP contribution in [-0.2, 0) is 9.59 Å². The summed E-state index contributed by atoms with van der Waals surface area (Å²) in [6.07, 6.45) is 0.670. The number of hydrogen-bond acceptors (Lipinski definition) is 6. The maximum Gasteiger partial charge on any atom is 0.262 e. The second-order valence-corrected chi connectivity index (χ2v) is 10.2. The van der Waals surface area contributed by atoms with Gasteiger partial charge in [0.05, 0.1) is 18.4 Å². The monoisotopic (exact) mass is 532 g/mol. The van der Waals surface area contributed by atoms with E-state index in [1.165, 1.54) is 11.8 Å². The molecule has 2 aliphatic rings. The van der Waals surface area contributed by atoms with E-state index in [1.54, 1.807) is 24.3 Å². The van der Waals surface area contributed by atoms with E-state index in [9.17, 15) is 9.59 Å². The van der Waals surface area contributed by atoms with Gasteiger partial charge in [0.25, 0.3) is 5.91 Å². The van der Waals surface area contributed by atoms with E-state index in [0.717, 1.165) is 22.6 Å². The third-order valence-corrected chi connectivity index (χ3v) is 7.41. The number of anilines is 1. The fraction of sp³-hybridized carbons (Fsp3) is 0.214. The maximum absolute atomic E-state index is 12.8. The Balaban J connectivity index is 1.30. The van der Waals surface area contributed by atoms with Crippen LogP contribution in [-0.4, -0.2) is 39.6 Å². The molecule has 0 bridgehead atoms. The van der Waals surface area contributed by atoms with Crippen LogP contribution in [0.15, 0.2) is 89.0 Å². The van der Waals surface area contributed by atoms with Crippen molar-refractivity contribution in [2.45, 2.75) is 31.1 Å². The fourth-order valence-electron chi connectivity index (χ4n) is 4.22. The largest absolute Gasteiger partial charge is 0.494 e. The van der Waals surface area contributed by atoms with E-state index in [4.69, 9.17) is 21.4 Å². The molecule has 7 nitrogen and oxygen atoms in total. The average Bonchev–Trinajstić information content (AvgIpc) is 3.50. The minimum atomic E-state index is -0.607. The highest BCUT2D eigenvalue weighted by Gasteiger charge is 2.39. The molecule has 3 aromatic carbocycles. The van der Waals surface area contributed by atoms with Gasteiger partial charge in [0.1, 0.15) is 11.0 Å². The van der Waals surface area contributed by atoms with Gasteiger partial charge in [-0.2, -0.15) is 10.1 Å². The van der Waals surface area contributed by atoms with Gasteiger partial charge in [-0.25, -0.2) is 5.01 Å². The lowest BCUT2D eigenvalue weighted by atomic mass is 9.99. The Kier molecular flexibility index (Phi) is 7.58. The lowest BCUT2D eigenvalue weighted by Gasteiger charge is -2.23. The second kappa shape index (κ2) is 11.2. The quantitative estimate of drug-likeness (QED) is 0.408. The zero-order valence-corrected chi connectivity index (χ0v) is 21.7. The van der Waals surface area contributed by atoms with Crippen LogP contribution in [0.5, 0.6) is 5.75 Å². The maximum atomic E-state index is 12.8. The lowest BCUT2D eigenvalue weighted by molar-refractivity contribution is -0.121. The van der Waals surface area contributed by atoms with Crippen molar-refractivity contribution in [2.75, 3.05) is 11.9 Å². The zero-order chi connectivity index (χ0) is 25.8. The Labute approximate surface area is 224 Å². The summed E-state index contributed by atoms with van der Waals surface area (Å²) in [5.74, 6) is 0.152. The molecular weight excluding hydrogens is 508 g/mol. The molecule has 2 heterocycles. The number of nitrogens with zero attached hydrogens (tertiary/aromatic N) is 3. The average molecular weight is 533 g/mol. The first-order valence-corrected chi connectivity index (χ1v) is 13.3. The van der Waals surface area contributed by atoms with E-state index in [-0.39, 0.29) is 24.3 Å². The molecule has 0 fully saturated rings. The first-order valence-electron chi connectivity index (χ1n) is 12.0. The molecule has 0 spiro atoms. The summed E-state index contributed by atoms with van der Waals surface area (Å²) < 4.78 is 5.43.